The summed E-state index contributed by atoms with van der Waals surface area (Å²) in [5.41, 5.74) is 1.67. The first kappa shape index (κ1) is 25.2. The Labute approximate surface area is 213 Å². The van der Waals surface area contributed by atoms with Crippen molar-refractivity contribution in [3.05, 3.63) is 47.2 Å². The predicted molar refractivity (Wildman–Crippen MR) is 139 cm³/mol. The van der Waals surface area contributed by atoms with Crippen molar-refractivity contribution in [2.45, 2.75) is 12.5 Å². The number of carbonyl (C=O) groups is 1. The molecule has 0 spiro atoms. The lowest BCUT2D eigenvalue weighted by molar-refractivity contribution is -0.148. The monoisotopic (exact) mass is 543 g/mol. The maximum absolute atomic E-state index is 12.0. The zero-order valence-electron chi connectivity index (χ0n) is 20.2. The highest BCUT2D eigenvalue weighted by atomic mass is 79.9. The van der Waals surface area contributed by atoms with Gasteiger partial charge < -0.3 is 19.5 Å². The zero-order chi connectivity index (χ0) is 24.8. The molecular weight excluding hydrogens is 514 g/mol. The Bertz CT molecular complexity index is 1180. The lowest BCUT2D eigenvalue weighted by Gasteiger charge is -2.37. The van der Waals surface area contributed by atoms with E-state index in [0.717, 1.165) is 47.1 Å². The van der Waals surface area contributed by atoms with Gasteiger partial charge in [0.25, 0.3) is 0 Å². The summed E-state index contributed by atoms with van der Waals surface area (Å²) in [7, 11) is 5.01. The van der Waals surface area contributed by atoms with E-state index >= 15 is 0 Å². The molecule has 0 amide bonds. The van der Waals surface area contributed by atoms with Crippen molar-refractivity contribution in [2.24, 2.45) is 0 Å². The number of aromatic nitrogens is 2. The van der Waals surface area contributed by atoms with Gasteiger partial charge in [-0.3, -0.25) is 14.6 Å². The van der Waals surface area contributed by atoms with Gasteiger partial charge in [-0.05, 0) is 37.7 Å². The van der Waals surface area contributed by atoms with E-state index in [1.165, 1.54) is 13.4 Å². The predicted octanol–water partition coefficient (Wildman–Crippen LogP) is 3.70. The summed E-state index contributed by atoms with van der Waals surface area (Å²) in [5.74, 6) is 1.75. The van der Waals surface area contributed by atoms with Crippen LogP contribution in [0.4, 0.5) is 11.5 Å². The van der Waals surface area contributed by atoms with Crippen molar-refractivity contribution in [1.82, 2.24) is 19.8 Å². The molecule has 1 atom stereocenters. The van der Waals surface area contributed by atoms with Crippen molar-refractivity contribution < 1.29 is 19.0 Å². The Kier molecular flexibility index (Phi) is 8.37. The van der Waals surface area contributed by atoms with Gasteiger partial charge in [0.05, 0.1) is 26.3 Å². The number of anilines is 2. The molecule has 1 aliphatic rings. The van der Waals surface area contributed by atoms with E-state index in [0.29, 0.717) is 30.5 Å². The van der Waals surface area contributed by atoms with Gasteiger partial charge in [0.15, 0.2) is 11.5 Å². The minimum Gasteiger partial charge on any atom is -0.493 e. The number of nitrogens with zero attached hydrogens (tertiary/aromatic N) is 4. The van der Waals surface area contributed by atoms with Crippen molar-refractivity contribution >= 4 is 44.3 Å². The molecule has 2 heterocycles. The van der Waals surface area contributed by atoms with E-state index in [9.17, 15) is 4.79 Å². The summed E-state index contributed by atoms with van der Waals surface area (Å²) in [6.45, 7) is 3.73. The molecule has 4 rings (SSSR count). The smallest absolute Gasteiger partial charge is 0.324 e. The Morgan fingerprint density at radius 1 is 1.17 bits per heavy atom. The second-order valence-corrected chi connectivity index (χ2v) is 9.32. The number of piperazine rings is 1. The molecule has 0 radical (unpaired) electrons. The molecule has 0 aliphatic carbocycles. The van der Waals surface area contributed by atoms with Crippen LogP contribution in [0.5, 0.6) is 11.5 Å². The fourth-order valence-electron chi connectivity index (χ4n) is 4.13. The molecule has 2 aromatic carbocycles. The van der Waals surface area contributed by atoms with Crippen molar-refractivity contribution in [3.8, 4) is 11.5 Å². The maximum atomic E-state index is 12.0. The van der Waals surface area contributed by atoms with Gasteiger partial charge >= 0.3 is 5.97 Å². The number of benzene rings is 2. The highest BCUT2D eigenvalue weighted by Crippen LogP contribution is 2.35. The molecule has 3 aromatic rings. The van der Waals surface area contributed by atoms with Crippen LogP contribution >= 0.6 is 15.9 Å². The van der Waals surface area contributed by atoms with Crippen LogP contribution in [0.25, 0.3) is 10.9 Å². The van der Waals surface area contributed by atoms with Crippen LogP contribution in [-0.4, -0.2) is 85.8 Å². The highest BCUT2D eigenvalue weighted by Gasteiger charge is 2.30. The largest absolute Gasteiger partial charge is 0.493 e. The highest BCUT2D eigenvalue weighted by molar-refractivity contribution is 9.10. The maximum Gasteiger partial charge on any atom is 0.324 e. The minimum atomic E-state index is -0.230. The van der Waals surface area contributed by atoms with Crippen LogP contribution in [0.2, 0.25) is 0 Å². The van der Waals surface area contributed by atoms with Gasteiger partial charge in [-0.2, -0.15) is 0 Å². The Morgan fingerprint density at radius 3 is 2.80 bits per heavy atom. The van der Waals surface area contributed by atoms with Crippen molar-refractivity contribution in [1.29, 1.82) is 0 Å². The lowest BCUT2D eigenvalue weighted by atomic mass is 10.1. The molecule has 10 heteroatoms. The van der Waals surface area contributed by atoms with Crippen LogP contribution in [0.1, 0.15) is 6.42 Å². The van der Waals surface area contributed by atoms with E-state index < -0.39 is 0 Å². The first-order chi connectivity index (χ1) is 17.0. The van der Waals surface area contributed by atoms with Crippen LogP contribution in [0, 0.1) is 0 Å². The molecule has 1 saturated heterocycles. The second-order valence-electron chi connectivity index (χ2n) is 8.40. The Hall–Kier alpha value is -2.95. The summed E-state index contributed by atoms with van der Waals surface area (Å²) < 4.78 is 17.6. The molecule has 1 aliphatic heterocycles. The number of hydrogen-bond acceptors (Lipinski definition) is 9. The Balaban J connectivity index is 1.42. The SMILES string of the molecule is COC(=O)C1CN(CCCOc2cc3c(Nc4cccc(Br)c4)ncnc3cc2OC)CCN1C. The normalized spacial score (nSPS) is 16.7. The van der Waals surface area contributed by atoms with E-state index in [-0.39, 0.29) is 12.0 Å². The van der Waals surface area contributed by atoms with Crippen molar-refractivity contribution in [3.63, 3.8) is 0 Å². The number of rotatable bonds is 9. The van der Waals surface area contributed by atoms with Gasteiger partial charge in [-0.1, -0.05) is 22.0 Å². The lowest BCUT2D eigenvalue weighted by Crippen LogP contribution is -2.55. The topological polar surface area (TPSA) is 89.0 Å². The van der Waals surface area contributed by atoms with E-state index in [2.05, 4.69) is 36.1 Å². The molecule has 1 aromatic heterocycles. The summed E-state index contributed by atoms with van der Waals surface area (Å²) >= 11 is 3.50. The molecule has 0 saturated carbocycles. The molecule has 9 nitrogen and oxygen atoms in total. The average molecular weight is 544 g/mol. The van der Waals surface area contributed by atoms with E-state index in [4.69, 9.17) is 14.2 Å². The summed E-state index contributed by atoms with van der Waals surface area (Å²) in [4.78, 5) is 25.2. The van der Waals surface area contributed by atoms with E-state index in [1.54, 1.807) is 7.11 Å². The van der Waals surface area contributed by atoms with Gasteiger partial charge in [-0.15, -0.1) is 0 Å². The number of carbonyl (C=O) groups excluding carboxylic acids is 1. The Morgan fingerprint density at radius 2 is 2.03 bits per heavy atom. The number of nitrogens with one attached hydrogen (secondary N) is 1. The quantitative estimate of drug-likeness (QED) is 0.320. The molecular formula is C25H30BrN5O4. The number of fused-ring (bicyclic) bond motifs is 1. The summed E-state index contributed by atoms with van der Waals surface area (Å²) in [5, 5.41) is 4.19. The first-order valence-corrected chi connectivity index (χ1v) is 12.3. The third kappa shape index (κ3) is 6.19. The van der Waals surface area contributed by atoms with Gasteiger partial charge in [0.2, 0.25) is 0 Å². The fourth-order valence-corrected chi connectivity index (χ4v) is 4.53. The molecule has 1 unspecified atom stereocenters. The molecule has 35 heavy (non-hydrogen) atoms. The average Bonchev–Trinajstić information content (AvgIpc) is 2.87. The number of likely N-dealkylation sites (N-methyl/N-ethyl adjacent to an activating group) is 1. The van der Waals surface area contributed by atoms with Gasteiger partial charge in [0, 0.05) is 47.8 Å². The molecule has 0 bridgehead atoms. The second kappa shape index (κ2) is 11.7. The van der Waals surface area contributed by atoms with Crippen molar-refractivity contribution in [2.75, 3.05) is 59.4 Å². The standard InChI is InChI=1S/C25H30BrN5O4/c1-30-9-10-31(15-21(30)25(32)34-3)8-5-11-35-23-13-19-20(14-22(23)33-2)27-16-28-24(19)29-18-7-4-6-17(26)12-18/h4,6-7,12-14,16,21H,5,8-11,15H2,1-3H3,(H,27,28,29). The van der Waals surface area contributed by atoms with E-state index in [1.807, 2.05) is 48.3 Å². The zero-order valence-corrected chi connectivity index (χ0v) is 21.7. The van der Waals surface area contributed by atoms with Gasteiger partial charge in [-0.25, -0.2) is 9.97 Å². The summed E-state index contributed by atoms with van der Waals surface area (Å²) in [6.07, 6.45) is 2.34. The van der Waals surface area contributed by atoms with Gasteiger partial charge in [0.1, 0.15) is 18.2 Å². The van der Waals surface area contributed by atoms with Crippen LogP contribution in [0.3, 0.4) is 0 Å². The number of ether oxygens (including phenoxy) is 3. The van der Waals surface area contributed by atoms with Crippen LogP contribution in [-0.2, 0) is 9.53 Å². The third-order valence-electron chi connectivity index (χ3n) is 6.09. The van der Waals surface area contributed by atoms with Crippen LogP contribution in [0.15, 0.2) is 47.2 Å². The third-order valence-corrected chi connectivity index (χ3v) is 6.58. The molecule has 1 N–H and O–H groups in total. The number of methoxy groups -OCH3 is 2. The van der Waals surface area contributed by atoms with Crippen LogP contribution < -0.4 is 14.8 Å². The fraction of sp³-hybridized carbons (Fsp3) is 0.400. The molecule has 1 fully saturated rings. The summed E-state index contributed by atoms with van der Waals surface area (Å²) in [6, 6.07) is 11.4. The number of halogens is 1. The molecule has 186 valence electrons. The number of esters is 1. The minimum absolute atomic E-state index is 0.191. The number of hydrogen-bond donors (Lipinski definition) is 1. The first-order valence-electron chi connectivity index (χ1n) is 11.5.